The summed E-state index contributed by atoms with van der Waals surface area (Å²) in [5.74, 6) is 0.518. The molecule has 1 aromatic carbocycles. The van der Waals surface area contributed by atoms with Crippen LogP contribution in [0.5, 0.6) is 0 Å². The number of nitrogens with zero attached hydrogens (tertiary/aromatic N) is 1. The second-order valence-electron chi connectivity index (χ2n) is 4.65. The smallest absolute Gasteiger partial charge is 0.271 e. The maximum absolute atomic E-state index is 10.7. The van der Waals surface area contributed by atoms with E-state index in [4.69, 9.17) is 4.74 Å². The maximum Gasteiger partial charge on any atom is 0.271 e. The summed E-state index contributed by atoms with van der Waals surface area (Å²) in [5.41, 5.74) is 1.88. The highest BCUT2D eigenvalue weighted by atomic mass is 16.6. The number of anilines is 1. The molecular formula is C13H20N2O3. The van der Waals surface area contributed by atoms with E-state index in [0.29, 0.717) is 19.1 Å². The minimum atomic E-state index is -0.389. The topological polar surface area (TPSA) is 64.4 Å². The normalized spacial score (nSPS) is 10.7. The molecule has 0 fully saturated rings. The number of rotatable bonds is 7. The van der Waals surface area contributed by atoms with Gasteiger partial charge in [0.25, 0.3) is 5.69 Å². The zero-order chi connectivity index (χ0) is 13.5. The first-order valence-corrected chi connectivity index (χ1v) is 6.07. The molecule has 1 aromatic rings. The van der Waals surface area contributed by atoms with Crippen molar-refractivity contribution in [1.29, 1.82) is 0 Å². The highest BCUT2D eigenvalue weighted by Crippen LogP contribution is 2.21. The van der Waals surface area contributed by atoms with Crippen molar-refractivity contribution in [2.75, 3.05) is 25.1 Å². The summed E-state index contributed by atoms with van der Waals surface area (Å²) in [6.07, 6.45) is 0. The third-order valence-electron chi connectivity index (χ3n) is 2.45. The van der Waals surface area contributed by atoms with Gasteiger partial charge >= 0.3 is 0 Å². The molecule has 0 aliphatic heterocycles. The van der Waals surface area contributed by atoms with Crippen LogP contribution in [0.1, 0.15) is 19.4 Å². The zero-order valence-electron chi connectivity index (χ0n) is 11.1. The Morgan fingerprint density at radius 1 is 1.44 bits per heavy atom. The molecule has 0 aliphatic rings. The van der Waals surface area contributed by atoms with Crippen molar-refractivity contribution < 1.29 is 9.66 Å². The summed E-state index contributed by atoms with van der Waals surface area (Å²) in [5, 5.41) is 13.8. The third kappa shape index (κ3) is 4.71. The number of non-ortho nitro benzene ring substituents is 1. The van der Waals surface area contributed by atoms with E-state index in [9.17, 15) is 10.1 Å². The molecule has 0 spiro atoms. The molecule has 5 nitrogen and oxygen atoms in total. The molecule has 0 saturated heterocycles. The van der Waals surface area contributed by atoms with Gasteiger partial charge in [-0.05, 0) is 18.4 Å². The van der Waals surface area contributed by atoms with E-state index in [1.165, 1.54) is 6.07 Å². The lowest BCUT2D eigenvalue weighted by atomic mass is 10.2. The van der Waals surface area contributed by atoms with Gasteiger partial charge in [-0.15, -0.1) is 0 Å². The Balaban J connectivity index is 2.46. The molecule has 5 heteroatoms. The van der Waals surface area contributed by atoms with Gasteiger partial charge in [0.2, 0.25) is 0 Å². The molecule has 0 radical (unpaired) electrons. The average molecular weight is 252 g/mol. The summed E-state index contributed by atoms with van der Waals surface area (Å²) in [7, 11) is 0. The van der Waals surface area contributed by atoms with Crippen molar-refractivity contribution in [2.24, 2.45) is 5.92 Å². The van der Waals surface area contributed by atoms with E-state index < -0.39 is 0 Å². The van der Waals surface area contributed by atoms with Crippen molar-refractivity contribution >= 4 is 11.4 Å². The number of aryl methyl sites for hydroxylation is 1. The lowest BCUT2D eigenvalue weighted by Gasteiger charge is -2.10. The van der Waals surface area contributed by atoms with Gasteiger partial charge in [0.15, 0.2) is 0 Å². The summed E-state index contributed by atoms with van der Waals surface area (Å²) in [6.45, 7) is 8.09. The van der Waals surface area contributed by atoms with Crippen LogP contribution in [0.4, 0.5) is 11.4 Å². The summed E-state index contributed by atoms with van der Waals surface area (Å²) >= 11 is 0. The monoisotopic (exact) mass is 252 g/mol. The van der Waals surface area contributed by atoms with Gasteiger partial charge < -0.3 is 10.1 Å². The highest BCUT2D eigenvalue weighted by Gasteiger charge is 2.07. The molecule has 100 valence electrons. The molecule has 0 amide bonds. The minimum Gasteiger partial charge on any atom is -0.382 e. The van der Waals surface area contributed by atoms with E-state index in [1.54, 1.807) is 12.1 Å². The number of nitro benzene ring substituents is 1. The van der Waals surface area contributed by atoms with Crippen molar-refractivity contribution in [2.45, 2.75) is 20.8 Å². The van der Waals surface area contributed by atoms with Crippen molar-refractivity contribution in [3.63, 3.8) is 0 Å². The molecule has 0 saturated carbocycles. The van der Waals surface area contributed by atoms with Gasteiger partial charge in [-0.1, -0.05) is 19.9 Å². The fraction of sp³-hybridized carbons (Fsp3) is 0.538. The van der Waals surface area contributed by atoms with Crippen LogP contribution in [-0.2, 0) is 4.74 Å². The maximum atomic E-state index is 10.7. The Bertz CT molecular complexity index is 405. The molecule has 0 atom stereocenters. The summed E-state index contributed by atoms with van der Waals surface area (Å²) in [6, 6.07) is 4.81. The minimum absolute atomic E-state index is 0.103. The number of benzene rings is 1. The second kappa shape index (κ2) is 6.96. The van der Waals surface area contributed by atoms with Crippen LogP contribution in [0, 0.1) is 23.0 Å². The van der Waals surface area contributed by atoms with Crippen LogP contribution < -0.4 is 5.32 Å². The predicted octanol–water partition coefficient (Wildman–Crippen LogP) is 2.99. The van der Waals surface area contributed by atoms with Crippen molar-refractivity contribution in [3.05, 3.63) is 33.9 Å². The van der Waals surface area contributed by atoms with Crippen molar-refractivity contribution in [1.82, 2.24) is 0 Å². The first-order chi connectivity index (χ1) is 8.50. The van der Waals surface area contributed by atoms with Crippen molar-refractivity contribution in [3.8, 4) is 0 Å². The Hall–Kier alpha value is -1.62. The largest absolute Gasteiger partial charge is 0.382 e. The van der Waals surface area contributed by atoms with Gasteiger partial charge in [0, 0.05) is 31.0 Å². The molecule has 0 heterocycles. The number of hydrogen-bond acceptors (Lipinski definition) is 4. The molecule has 0 aromatic heterocycles. The third-order valence-corrected chi connectivity index (χ3v) is 2.45. The fourth-order valence-corrected chi connectivity index (χ4v) is 1.49. The van der Waals surface area contributed by atoms with Gasteiger partial charge in [-0.2, -0.15) is 0 Å². The van der Waals surface area contributed by atoms with Crippen LogP contribution in [0.3, 0.4) is 0 Å². The first-order valence-electron chi connectivity index (χ1n) is 6.07. The van der Waals surface area contributed by atoms with E-state index in [2.05, 4.69) is 19.2 Å². The second-order valence-corrected chi connectivity index (χ2v) is 4.65. The fourth-order valence-electron chi connectivity index (χ4n) is 1.49. The van der Waals surface area contributed by atoms with Gasteiger partial charge in [-0.3, -0.25) is 10.1 Å². The van der Waals surface area contributed by atoms with Crippen LogP contribution >= 0.6 is 0 Å². The summed E-state index contributed by atoms with van der Waals surface area (Å²) < 4.78 is 5.44. The first kappa shape index (κ1) is 14.4. The van der Waals surface area contributed by atoms with E-state index >= 15 is 0 Å². The van der Waals surface area contributed by atoms with Crippen LogP contribution in [-0.4, -0.2) is 24.7 Å². The molecule has 0 bridgehead atoms. The van der Waals surface area contributed by atoms with E-state index in [1.807, 2.05) is 6.92 Å². The van der Waals surface area contributed by atoms with Crippen LogP contribution in [0.2, 0.25) is 0 Å². The van der Waals surface area contributed by atoms with Gasteiger partial charge in [0.1, 0.15) is 0 Å². The van der Waals surface area contributed by atoms with E-state index in [-0.39, 0.29) is 10.6 Å². The quantitative estimate of drug-likeness (QED) is 0.460. The SMILES string of the molecule is Cc1ccc([N+](=O)[O-])cc1NCCOCC(C)C. The molecule has 1 rings (SSSR count). The lowest BCUT2D eigenvalue weighted by molar-refractivity contribution is -0.384. The van der Waals surface area contributed by atoms with Crippen LogP contribution in [0.15, 0.2) is 18.2 Å². The van der Waals surface area contributed by atoms with E-state index in [0.717, 1.165) is 17.9 Å². The molecule has 0 unspecified atom stereocenters. The Kier molecular flexibility index (Phi) is 5.58. The molecule has 0 aliphatic carbocycles. The predicted molar refractivity (Wildman–Crippen MR) is 72.0 cm³/mol. The van der Waals surface area contributed by atoms with Crippen LogP contribution in [0.25, 0.3) is 0 Å². The summed E-state index contributed by atoms with van der Waals surface area (Å²) in [4.78, 5) is 10.3. The lowest BCUT2D eigenvalue weighted by Crippen LogP contribution is -2.12. The highest BCUT2D eigenvalue weighted by molar-refractivity contribution is 5.56. The Labute approximate surface area is 107 Å². The number of hydrogen-bond donors (Lipinski definition) is 1. The number of nitro groups is 1. The average Bonchev–Trinajstić information content (AvgIpc) is 2.30. The molecule has 1 N–H and O–H groups in total. The Morgan fingerprint density at radius 2 is 2.17 bits per heavy atom. The van der Waals surface area contributed by atoms with Gasteiger partial charge in [0.05, 0.1) is 11.5 Å². The number of nitrogens with one attached hydrogen (secondary N) is 1. The molecule has 18 heavy (non-hydrogen) atoms. The Morgan fingerprint density at radius 3 is 2.78 bits per heavy atom. The number of ether oxygens (including phenoxy) is 1. The van der Waals surface area contributed by atoms with Gasteiger partial charge in [-0.25, -0.2) is 0 Å². The standard InChI is InChI=1S/C13H20N2O3/c1-10(2)9-18-7-6-14-13-8-12(15(16)17)5-4-11(13)3/h4-5,8,10,14H,6-7,9H2,1-3H3. The molecular weight excluding hydrogens is 232 g/mol. The zero-order valence-corrected chi connectivity index (χ0v) is 11.1.